The number of amides is 1. The van der Waals surface area contributed by atoms with E-state index in [1.807, 2.05) is 18.7 Å². The van der Waals surface area contributed by atoms with Gasteiger partial charge in [-0.15, -0.1) is 0 Å². The second-order valence-corrected chi connectivity index (χ2v) is 9.72. The number of non-ortho nitro benzene ring substituents is 1. The molecule has 0 N–H and O–H groups in total. The summed E-state index contributed by atoms with van der Waals surface area (Å²) < 4.78 is 28.0. The Hall–Kier alpha value is -2.20. The first-order valence-corrected chi connectivity index (χ1v) is 12.1. The Labute approximate surface area is 177 Å². The van der Waals surface area contributed by atoms with Crippen LogP contribution in [0.25, 0.3) is 0 Å². The predicted molar refractivity (Wildman–Crippen MR) is 114 cm³/mol. The minimum absolute atomic E-state index is 0.0328. The summed E-state index contributed by atoms with van der Waals surface area (Å²) in [6.45, 7) is 7.03. The maximum atomic E-state index is 13.3. The second-order valence-electron chi connectivity index (χ2n) is 7.82. The van der Waals surface area contributed by atoms with Gasteiger partial charge in [0.2, 0.25) is 15.9 Å². The number of sulfonamides is 1. The number of piperidine rings is 1. The highest BCUT2D eigenvalue weighted by molar-refractivity contribution is 7.89. The van der Waals surface area contributed by atoms with Crippen molar-refractivity contribution in [1.82, 2.24) is 9.21 Å². The molecule has 1 aromatic rings. The number of benzene rings is 1. The van der Waals surface area contributed by atoms with Gasteiger partial charge in [-0.1, -0.05) is 0 Å². The number of anilines is 1. The van der Waals surface area contributed by atoms with Crippen LogP contribution in [0, 0.1) is 16.0 Å². The van der Waals surface area contributed by atoms with Gasteiger partial charge in [0.15, 0.2) is 0 Å². The first kappa shape index (κ1) is 22.5. The largest absolute Gasteiger partial charge is 0.370 e. The first-order valence-electron chi connectivity index (χ1n) is 10.6. The van der Waals surface area contributed by atoms with Gasteiger partial charge in [0.1, 0.15) is 4.90 Å². The average molecular weight is 439 g/mol. The zero-order chi connectivity index (χ0) is 21.9. The molecule has 3 rings (SSSR count). The van der Waals surface area contributed by atoms with Crippen molar-refractivity contribution in [2.45, 2.75) is 44.4 Å². The Morgan fingerprint density at radius 3 is 2.43 bits per heavy atom. The Morgan fingerprint density at radius 1 is 1.17 bits per heavy atom. The summed E-state index contributed by atoms with van der Waals surface area (Å²) in [5, 5.41) is 11.3. The maximum Gasteiger partial charge on any atom is 0.270 e. The van der Waals surface area contributed by atoms with E-state index < -0.39 is 14.9 Å². The van der Waals surface area contributed by atoms with Gasteiger partial charge in [-0.25, -0.2) is 8.42 Å². The molecule has 2 aliphatic heterocycles. The molecular formula is C20H30N4O5S. The van der Waals surface area contributed by atoms with Gasteiger partial charge in [-0.2, -0.15) is 4.31 Å². The molecule has 30 heavy (non-hydrogen) atoms. The van der Waals surface area contributed by atoms with E-state index in [2.05, 4.69) is 0 Å². The van der Waals surface area contributed by atoms with Crippen molar-refractivity contribution in [3.8, 4) is 0 Å². The van der Waals surface area contributed by atoms with E-state index >= 15 is 0 Å². The lowest BCUT2D eigenvalue weighted by Crippen LogP contribution is -2.45. The third-order valence-corrected chi connectivity index (χ3v) is 7.95. The van der Waals surface area contributed by atoms with Crippen LogP contribution in [0.5, 0.6) is 0 Å². The number of nitro groups is 1. The van der Waals surface area contributed by atoms with Gasteiger partial charge in [0, 0.05) is 51.4 Å². The van der Waals surface area contributed by atoms with E-state index in [4.69, 9.17) is 0 Å². The van der Waals surface area contributed by atoms with Crippen LogP contribution >= 0.6 is 0 Å². The molecule has 0 aromatic heterocycles. The van der Waals surface area contributed by atoms with Gasteiger partial charge in [-0.3, -0.25) is 14.9 Å². The fourth-order valence-electron chi connectivity index (χ4n) is 4.34. The van der Waals surface area contributed by atoms with Crippen molar-refractivity contribution in [2.24, 2.45) is 5.92 Å². The summed E-state index contributed by atoms with van der Waals surface area (Å²) in [7, 11) is -3.85. The predicted octanol–water partition coefficient (Wildman–Crippen LogP) is 2.46. The van der Waals surface area contributed by atoms with Crippen LogP contribution in [0.15, 0.2) is 23.1 Å². The third-order valence-electron chi connectivity index (χ3n) is 6.02. The lowest BCUT2D eigenvalue weighted by Gasteiger charge is -2.36. The molecule has 2 heterocycles. The van der Waals surface area contributed by atoms with Crippen LogP contribution in [0.1, 0.15) is 39.5 Å². The highest BCUT2D eigenvalue weighted by Gasteiger charge is 2.35. The molecule has 0 radical (unpaired) electrons. The van der Waals surface area contributed by atoms with Crippen LogP contribution in [-0.4, -0.2) is 67.7 Å². The Morgan fingerprint density at radius 2 is 1.83 bits per heavy atom. The highest BCUT2D eigenvalue weighted by atomic mass is 32.2. The van der Waals surface area contributed by atoms with E-state index in [1.54, 1.807) is 4.90 Å². The normalized spacial score (nSPS) is 20.3. The molecule has 2 fully saturated rings. The quantitative estimate of drug-likeness (QED) is 0.478. The number of rotatable bonds is 7. The minimum atomic E-state index is -3.85. The Balaban J connectivity index is 1.96. The number of hydrogen-bond donors (Lipinski definition) is 0. The fraction of sp³-hybridized carbons (Fsp3) is 0.650. The molecule has 166 valence electrons. The molecule has 0 spiro atoms. The molecule has 0 bridgehead atoms. The molecule has 0 saturated carbocycles. The van der Waals surface area contributed by atoms with E-state index in [0.717, 1.165) is 25.7 Å². The van der Waals surface area contributed by atoms with E-state index in [0.29, 0.717) is 45.0 Å². The second kappa shape index (κ2) is 9.30. The van der Waals surface area contributed by atoms with Crippen LogP contribution in [0.4, 0.5) is 11.4 Å². The van der Waals surface area contributed by atoms with Gasteiger partial charge in [0.25, 0.3) is 5.69 Å². The van der Waals surface area contributed by atoms with Crippen LogP contribution in [0.2, 0.25) is 0 Å². The molecular weight excluding hydrogens is 408 g/mol. The molecule has 0 aliphatic carbocycles. The maximum absolute atomic E-state index is 13.3. The molecule has 9 nitrogen and oxygen atoms in total. The van der Waals surface area contributed by atoms with Crippen LogP contribution in [0.3, 0.4) is 0 Å². The van der Waals surface area contributed by atoms with Crippen molar-refractivity contribution in [3.63, 3.8) is 0 Å². The number of carbonyl (C=O) groups is 1. The van der Waals surface area contributed by atoms with Crippen molar-refractivity contribution in [1.29, 1.82) is 0 Å². The van der Waals surface area contributed by atoms with Gasteiger partial charge >= 0.3 is 0 Å². The van der Waals surface area contributed by atoms with Crippen LogP contribution < -0.4 is 4.90 Å². The molecule has 2 saturated heterocycles. The molecule has 10 heteroatoms. The van der Waals surface area contributed by atoms with Crippen LogP contribution in [-0.2, 0) is 14.8 Å². The SMILES string of the molecule is CCN(CC)C(=O)[C@H]1CCCN(c2ccc([N+](=O)[O-])cc2S(=O)(=O)N2CCCC2)C1. The van der Waals surface area contributed by atoms with Gasteiger partial charge in [-0.05, 0) is 45.6 Å². The zero-order valence-electron chi connectivity index (χ0n) is 17.6. The Kier molecular flexibility index (Phi) is 6.97. The monoisotopic (exact) mass is 438 g/mol. The van der Waals surface area contributed by atoms with Crippen molar-refractivity contribution in [3.05, 3.63) is 28.3 Å². The average Bonchev–Trinajstić information content (AvgIpc) is 3.30. The zero-order valence-corrected chi connectivity index (χ0v) is 18.4. The van der Waals surface area contributed by atoms with Crippen molar-refractivity contribution in [2.75, 3.05) is 44.2 Å². The summed E-state index contributed by atoms with van der Waals surface area (Å²) in [5.74, 6) is -0.133. The fourth-order valence-corrected chi connectivity index (χ4v) is 6.09. The summed E-state index contributed by atoms with van der Waals surface area (Å²) in [6, 6.07) is 4.03. The van der Waals surface area contributed by atoms with Gasteiger partial charge < -0.3 is 9.80 Å². The Bertz CT molecular complexity index is 894. The van der Waals surface area contributed by atoms with Crippen molar-refractivity contribution < 1.29 is 18.1 Å². The number of carbonyl (C=O) groups excluding carboxylic acids is 1. The molecule has 1 aromatic carbocycles. The number of nitro benzene ring substituents is 1. The molecule has 1 amide bonds. The van der Waals surface area contributed by atoms with E-state index in [1.165, 1.54) is 22.5 Å². The third kappa shape index (κ3) is 4.44. The highest BCUT2D eigenvalue weighted by Crippen LogP contribution is 2.35. The lowest BCUT2D eigenvalue weighted by atomic mass is 9.96. The first-order chi connectivity index (χ1) is 14.3. The standard InChI is InChI=1S/C20H30N4O5S/c1-3-21(4-2)20(25)16-8-7-11-22(15-16)18-10-9-17(24(26)27)14-19(18)30(28,29)23-12-5-6-13-23/h9-10,14,16H,3-8,11-13,15H2,1-2H3/t16-/m0/s1. The summed E-state index contributed by atoms with van der Waals surface area (Å²) in [6.07, 6.45) is 3.09. The summed E-state index contributed by atoms with van der Waals surface area (Å²) >= 11 is 0. The number of nitrogens with zero attached hydrogens (tertiary/aromatic N) is 4. The lowest BCUT2D eigenvalue weighted by molar-refractivity contribution is -0.385. The van der Waals surface area contributed by atoms with Crippen molar-refractivity contribution >= 4 is 27.3 Å². The summed E-state index contributed by atoms with van der Waals surface area (Å²) in [5.41, 5.74) is 0.203. The summed E-state index contributed by atoms with van der Waals surface area (Å²) in [4.78, 5) is 27.3. The van der Waals surface area contributed by atoms with E-state index in [9.17, 15) is 23.3 Å². The number of hydrogen-bond acceptors (Lipinski definition) is 6. The topological polar surface area (TPSA) is 104 Å². The molecule has 2 aliphatic rings. The molecule has 0 unspecified atom stereocenters. The smallest absolute Gasteiger partial charge is 0.270 e. The van der Waals surface area contributed by atoms with E-state index in [-0.39, 0.29) is 22.4 Å². The van der Waals surface area contributed by atoms with Gasteiger partial charge in [0.05, 0.1) is 16.5 Å². The minimum Gasteiger partial charge on any atom is -0.370 e. The molecule has 1 atom stereocenters.